The number of carbonyl (C=O) groups excluding carboxylic acids is 1. The lowest BCUT2D eigenvalue weighted by Crippen LogP contribution is -2.55. The average Bonchev–Trinajstić information content (AvgIpc) is 2.54. The summed E-state index contributed by atoms with van der Waals surface area (Å²) in [6.07, 6.45) is 2.04. The van der Waals surface area contributed by atoms with Gasteiger partial charge in [0.15, 0.2) is 5.69 Å². The number of rotatable bonds is 6. The number of aromatic nitrogens is 2. The Morgan fingerprint density at radius 1 is 1.27 bits per heavy atom. The predicted octanol–water partition coefficient (Wildman–Crippen LogP) is 2.18. The molecule has 26 heavy (non-hydrogen) atoms. The van der Waals surface area contributed by atoms with Crippen molar-refractivity contribution < 1.29 is 14.7 Å². The zero-order valence-electron chi connectivity index (χ0n) is 15.0. The molecule has 7 nitrogen and oxygen atoms in total. The molecule has 0 radical (unpaired) electrons. The van der Waals surface area contributed by atoms with Gasteiger partial charge in [-0.25, -0.2) is 4.68 Å². The van der Waals surface area contributed by atoms with Gasteiger partial charge >= 0.3 is 5.97 Å². The molecule has 1 aromatic heterocycles. The molecule has 7 heteroatoms. The van der Waals surface area contributed by atoms with Crippen LogP contribution < -0.4 is 10.9 Å². The van der Waals surface area contributed by atoms with E-state index in [9.17, 15) is 14.4 Å². The Hall–Kier alpha value is -2.70. The van der Waals surface area contributed by atoms with Gasteiger partial charge in [0.2, 0.25) is 0 Å². The van der Waals surface area contributed by atoms with E-state index in [1.807, 2.05) is 13.8 Å². The van der Waals surface area contributed by atoms with Crippen LogP contribution in [0.15, 0.2) is 29.1 Å². The summed E-state index contributed by atoms with van der Waals surface area (Å²) in [4.78, 5) is 36.7. The second kappa shape index (κ2) is 6.90. The molecule has 2 aromatic rings. The fraction of sp³-hybridized carbons (Fsp3) is 0.474. The van der Waals surface area contributed by atoms with Crippen LogP contribution in [0, 0.1) is 5.92 Å². The Balaban J connectivity index is 2.03. The molecule has 1 aromatic carbocycles. The first kappa shape index (κ1) is 18.1. The Kier molecular flexibility index (Phi) is 4.80. The van der Waals surface area contributed by atoms with Gasteiger partial charge in [0, 0.05) is 11.9 Å². The number of nitrogens with one attached hydrogen (secondary N) is 1. The first-order valence-electron chi connectivity index (χ1n) is 8.85. The number of amides is 1. The Morgan fingerprint density at radius 2 is 1.92 bits per heavy atom. The second-order valence-electron chi connectivity index (χ2n) is 7.43. The summed E-state index contributed by atoms with van der Waals surface area (Å²) in [5.41, 5.74) is -0.780. The van der Waals surface area contributed by atoms with Gasteiger partial charge in [0.1, 0.15) is 0 Å². The maximum Gasteiger partial charge on any atom is 0.305 e. The highest BCUT2D eigenvalue weighted by Crippen LogP contribution is 2.35. The minimum atomic E-state index is -0.937. The van der Waals surface area contributed by atoms with Gasteiger partial charge in [-0.15, -0.1) is 0 Å². The van der Waals surface area contributed by atoms with E-state index in [0.29, 0.717) is 30.2 Å². The van der Waals surface area contributed by atoms with E-state index >= 15 is 0 Å². The molecule has 1 amide bonds. The van der Waals surface area contributed by atoms with Crippen molar-refractivity contribution in [3.8, 4) is 0 Å². The van der Waals surface area contributed by atoms with E-state index in [-0.39, 0.29) is 23.6 Å². The molecular weight excluding hydrogens is 334 g/mol. The molecule has 0 atom stereocenters. The molecule has 1 fully saturated rings. The first-order chi connectivity index (χ1) is 12.3. The maximum atomic E-state index is 12.9. The van der Waals surface area contributed by atoms with Crippen molar-refractivity contribution in [1.82, 2.24) is 15.1 Å². The quantitative estimate of drug-likeness (QED) is 0.825. The highest BCUT2D eigenvalue weighted by Gasteiger charge is 2.41. The molecule has 1 aliphatic rings. The van der Waals surface area contributed by atoms with Crippen molar-refractivity contribution in [2.45, 2.75) is 51.6 Å². The fourth-order valence-electron chi connectivity index (χ4n) is 3.41. The van der Waals surface area contributed by atoms with Crippen molar-refractivity contribution in [3.63, 3.8) is 0 Å². The first-order valence-corrected chi connectivity index (χ1v) is 8.85. The van der Waals surface area contributed by atoms with E-state index in [4.69, 9.17) is 5.11 Å². The van der Waals surface area contributed by atoms with Gasteiger partial charge in [0.05, 0.1) is 17.3 Å². The number of aliphatic carboxylic acids is 1. The lowest BCUT2D eigenvalue weighted by atomic mass is 9.74. The van der Waals surface area contributed by atoms with Crippen LogP contribution in [0.3, 0.4) is 0 Å². The van der Waals surface area contributed by atoms with Crippen LogP contribution in [0.5, 0.6) is 0 Å². The summed E-state index contributed by atoms with van der Waals surface area (Å²) in [6, 6.07) is 6.89. The number of carboxylic acids is 1. The number of benzene rings is 1. The number of carboxylic acid groups (broad SMARTS) is 1. The van der Waals surface area contributed by atoms with Crippen LogP contribution in [0.25, 0.3) is 10.8 Å². The average molecular weight is 357 g/mol. The molecule has 0 unspecified atom stereocenters. The van der Waals surface area contributed by atoms with Gasteiger partial charge in [-0.2, -0.15) is 5.10 Å². The van der Waals surface area contributed by atoms with Gasteiger partial charge in [0.25, 0.3) is 11.5 Å². The molecule has 3 rings (SSSR count). The Morgan fingerprint density at radius 3 is 2.46 bits per heavy atom. The van der Waals surface area contributed by atoms with Crippen molar-refractivity contribution in [3.05, 3.63) is 40.3 Å². The zero-order chi connectivity index (χ0) is 18.9. The fourth-order valence-corrected chi connectivity index (χ4v) is 3.41. The molecule has 0 spiro atoms. The summed E-state index contributed by atoms with van der Waals surface area (Å²) < 4.78 is 1.33. The van der Waals surface area contributed by atoms with Crippen LogP contribution in [0.2, 0.25) is 0 Å². The standard InChI is InChI=1S/C19H23N3O4/c1-12(2)11-22-18(26)14-7-4-3-6-13(14)16(21-22)17(25)20-19(8-5-9-19)10-15(23)24/h3-4,6-7,12H,5,8-11H2,1-2H3,(H,20,25)(H,23,24). The Bertz CT molecular complexity index is 913. The number of hydrogen-bond donors (Lipinski definition) is 2. The molecule has 0 bridgehead atoms. The van der Waals surface area contributed by atoms with Crippen LogP contribution in [-0.4, -0.2) is 32.3 Å². The molecule has 2 N–H and O–H groups in total. The van der Waals surface area contributed by atoms with Gasteiger partial charge in [-0.05, 0) is 31.2 Å². The minimum Gasteiger partial charge on any atom is -0.481 e. The molecule has 0 aliphatic heterocycles. The molecule has 138 valence electrons. The van der Waals surface area contributed by atoms with Crippen LogP contribution in [0.4, 0.5) is 0 Å². The van der Waals surface area contributed by atoms with Crippen LogP contribution in [-0.2, 0) is 11.3 Å². The van der Waals surface area contributed by atoms with Crippen molar-refractivity contribution >= 4 is 22.6 Å². The van der Waals surface area contributed by atoms with E-state index in [2.05, 4.69) is 10.4 Å². The monoisotopic (exact) mass is 357 g/mol. The predicted molar refractivity (Wildman–Crippen MR) is 97.1 cm³/mol. The lowest BCUT2D eigenvalue weighted by molar-refractivity contribution is -0.139. The van der Waals surface area contributed by atoms with E-state index in [1.165, 1.54) is 4.68 Å². The molecular formula is C19H23N3O4. The number of nitrogens with zero attached hydrogens (tertiary/aromatic N) is 2. The minimum absolute atomic E-state index is 0.109. The second-order valence-corrected chi connectivity index (χ2v) is 7.43. The highest BCUT2D eigenvalue weighted by molar-refractivity contribution is 6.05. The highest BCUT2D eigenvalue weighted by atomic mass is 16.4. The Labute approximate surface area is 151 Å². The third-order valence-electron chi connectivity index (χ3n) is 4.80. The summed E-state index contributed by atoms with van der Waals surface area (Å²) in [5, 5.41) is 17.2. The molecule has 1 aliphatic carbocycles. The summed E-state index contributed by atoms with van der Waals surface area (Å²) in [5.74, 6) is -1.17. The summed E-state index contributed by atoms with van der Waals surface area (Å²) >= 11 is 0. The van der Waals surface area contributed by atoms with Gasteiger partial charge in [-0.1, -0.05) is 32.0 Å². The maximum absolute atomic E-state index is 12.9. The SMILES string of the molecule is CC(C)Cn1nc(C(=O)NC2(CC(=O)O)CCC2)c2ccccc2c1=O. The van der Waals surface area contributed by atoms with Crippen molar-refractivity contribution in [1.29, 1.82) is 0 Å². The topological polar surface area (TPSA) is 101 Å². The lowest BCUT2D eigenvalue weighted by Gasteiger charge is -2.41. The number of fused-ring (bicyclic) bond motifs is 1. The third kappa shape index (κ3) is 3.47. The number of hydrogen-bond acceptors (Lipinski definition) is 4. The van der Waals surface area contributed by atoms with Crippen LogP contribution in [0.1, 0.15) is 50.0 Å². The zero-order valence-corrected chi connectivity index (χ0v) is 15.0. The van der Waals surface area contributed by atoms with E-state index < -0.39 is 17.4 Å². The van der Waals surface area contributed by atoms with Crippen LogP contribution >= 0.6 is 0 Å². The smallest absolute Gasteiger partial charge is 0.305 e. The third-order valence-corrected chi connectivity index (χ3v) is 4.80. The van der Waals surface area contributed by atoms with Crippen molar-refractivity contribution in [2.24, 2.45) is 5.92 Å². The van der Waals surface area contributed by atoms with Gasteiger partial charge < -0.3 is 10.4 Å². The molecule has 1 saturated carbocycles. The summed E-state index contributed by atoms with van der Waals surface area (Å²) in [6.45, 7) is 4.35. The van der Waals surface area contributed by atoms with Gasteiger partial charge in [-0.3, -0.25) is 14.4 Å². The summed E-state index contributed by atoms with van der Waals surface area (Å²) in [7, 11) is 0. The molecule has 1 heterocycles. The van der Waals surface area contributed by atoms with E-state index in [0.717, 1.165) is 6.42 Å². The normalized spacial score (nSPS) is 15.7. The molecule has 0 saturated heterocycles. The van der Waals surface area contributed by atoms with E-state index in [1.54, 1.807) is 24.3 Å². The van der Waals surface area contributed by atoms with Crippen molar-refractivity contribution in [2.75, 3.05) is 0 Å². The largest absolute Gasteiger partial charge is 0.481 e. The number of carbonyl (C=O) groups is 2.